The lowest BCUT2D eigenvalue weighted by Gasteiger charge is -2.33. The minimum Gasteiger partial charge on any atom is -0.469 e. The number of piperidine rings is 1. The van der Waals surface area contributed by atoms with Gasteiger partial charge in [-0.2, -0.15) is 0 Å². The van der Waals surface area contributed by atoms with Crippen LogP contribution >= 0.6 is 0 Å². The Kier molecular flexibility index (Phi) is 8.82. The second-order valence-corrected chi connectivity index (χ2v) is 5.49. The quantitative estimate of drug-likeness (QED) is 0.317. The lowest BCUT2D eigenvalue weighted by atomic mass is 10.0. The van der Waals surface area contributed by atoms with Crippen LogP contribution in [0, 0.1) is 0 Å². The number of carbonyl (C=O) groups excluding carboxylic acids is 1. The average Bonchev–Trinajstić information content (AvgIpc) is 2.51. The molecule has 0 saturated carbocycles. The van der Waals surface area contributed by atoms with Crippen LogP contribution < -0.4 is 10.6 Å². The van der Waals surface area contributed by atoms with Crippen LogP contribution in [-0.2, 0) is 9.53 Å². The standard InChI is InChI=1S/C15H30N4O2/c1-13-7-4-5-11-19(13)12-6-9-17-15(16-2)18-10-8-14(20)21-3/h13H,4-12H2,1-3H3,(H2,16,17,18). The predicted octanol–water partition coefficient (Wildman–Crippen LogP) is 0.979. The molecule has 1 unspecified atom stereocenters. The van der Waals surface area contributed by atoms with Gasteiger partial charge in [0, 0.05) is 32.7 Å². The summed E-state index contributed by atoms with van der Waals surface area (Å²) in [5.41, 5.74) is 0. The number of aliphatic imine (C=N–C) groups is 1. The maximum atomic E-state index is 11.0. The van der Waals surface area contributed by atoms with Gasteiger partial charge in [0.15, 0.2) is 5.96 Å². The van der Waals surface area contributed by atoms with Crippen molar-refractivity contribution in [1.82, 2.24) is 15.5 Å². The van der Waals surface area contributed by atoms with Crippen LogP contribution in [0.2, 0.25) is 0 Å². The van der Waals surface area contributed by atoms with Crippen LogP contribution in [-0.4, -0.2) is 63.2 Å². The number of likely N-dealkylation sites (tertiary alicyclic amines) is 1. The number of esters is 1. The first-order valence-corrected chi connectivity index (χ1v) is 7.92. The number of hydrogen-bond acceptors (Lipinski definition) is 4. The van der Waals surface area contributed by atoms with E-state index >= 15 is 0 Å². The van der Waals surface area contributed by atoms with E-state index in [1.807, 2.05) is 0 Å². The van der Waals surface area contributed by atoms with Crippen LogP contribution in [0.15, 0.2) is 4.99 Å². The lowest BCUT2D eigenvalue weighted by Crippen LogP contribution is -2.41. The molecule has 21 heavy (non-hydrogen) atoms. The van der Waals surface area contributed by atoms with E-state index in [4.69, 9.17) is 0 Å². The van der Waals surface area contributed by atoms with Crippen molar-refractivity contribution >= 4 is 11.9 Å². The molecule has 1 rings (SSSR count). The minimum absolute atomic E-state index is 0.211. The Balaban J connectivity index is 2.10. The number of carbonyl (C=O) groups is 1. The first kappa shape index (κ1) is 17.8. The second kappa shape index (κ2) is 10.4. The number of methoxy groups -OCH3 is 1. The third kappa shape index (κ3) is 7.32. The van der Waals surface area contributed by atoms with E-state index in [0.29, 0.717) is 13.0 Å². The minimum atomic E-state index is -0.211. The lowest BCUT2D eigenvalue weighted by molar-refractivity contribution is -0.140. The molecular weight excluding hydrogens is 268 g/mol. The number of hydrogen-bond donors (Lipinski definition) is 2. The Morgan fingerprint density at radius 3 is 2.76 bits per heavy atom. The molecule has 0 aromatic heterocycles. The van der Waals surface area contributed by atoms with Crippen molar-refractivity contribution in [3.05, 3.63) is 0 Å². The SMILES string of the molecule is CN=C(NCCCN1CCCCC1C)NCCC(=O)OC. The molecule has 1 atom stereocenters. The van der Waals surface area contributed by atoms with Crippen molar-refractivity contribution < 1.29 is 9.53 Å². The maximum Gasteiger partial charge on any atom is 0.307 e. The molecule has 2 N–H and O–H groups in total. The molecule has 1 aliphatic heterocycles. The van der Waals surface area contributed by atoms with E-state index in [0.717, 1.165) is 31.5 Å². The fourth-order valence-electron chi connectivity index (χ4n) is 2.58. The smallest absolute Gasteiger partial charge is 0.307 e. The summed E-state index contributed by atoms with van der Waals surface area (Å²) in [6, 6.07) is 0.719. The molecule has 1 fully saturated rings. The molecule has 0 amide bonds. The van der Waals surface area contributed by atoms with E-state index < -0.39 is 0 Å². The zero-order valence-corrected chi connectivity index (χ0v) is 13.7. The largest absolute Gasteiger partial charge is 0.469 e. The fourth-order valence-corrected chi connectivity index (χ4v) is 2.58. The van der Waals surface area contributed by atoms with Crippen molar-refractivity contribution in [2.45, 2.75) is 45.1 Å². The monoisotopic (exact) mass is 298 g/mol. The van der Waals surface area contributed by atoms with Crippen LogP contribution in [0.5, 0.6) is 0 Å². The van der Waals surface area contributed by atoms with Crippen LogP contribution in [0.25, 0.3) is 0 Å². The first-order chi connectivity index (χ1) is 10.2. The van der Waals surface area contributed by atoms with Gasteiger partial charge in [0.2, 0.25) is 0 Å². The predicted molar refractivity (Wildman–Crippen MR) is 85.5 cm³/mol. The van der Waals surface area contributed by atoms with Gasteiger partial charge >= 0.3 is 5.97 Å². The third-order valence-corrected chi connectivity index (χ3v) is 3.93. The van der Waals surface area contributed by atoms with Gasteiger partial charge in [0.25, 0.3) is 0 Å². The second-order valence-electron chi connectivity index (χ2n) is 5.49. The van der Waals surface area contributed by atoms with E-state index in [1.165, 1.54) is 32.9 Å². The molecule has 1 aliphatic rings. The van der Waals surface area contributed by atoms with Crippen molar-refractivity contribution in [3.8, 4) is 0 Å². The number of nitrogens with one attached hydrogen (secondary N) is 2. The highest BCUT2D eigenvalue weighted by atomic mass is 16.5. The van der Waals surface area contributed by atoms with E-state index in [2.05, 4.69) is 32.2 Å². The molecular formula is C15H30N4O2. The van der Waals surface area contributed by atoms with Crippen LogP contribution in [0.3, 0.4) is 0 Å². The summed E-state index contributed by atoms with van der Waals surface area (Å²) in [7, 11) is 3.14. The summed E-state index contributed by atoms with van der Waals surface area (Å²) in [4.78, 5) is 17.7. The highest BCUT2D eigenvalue weighted by Gasteiger charge is 2.17. The molecule has 0 spiro atoms. The van der Waals surface area contributed by atoms with Crippen molar-refractivity contribution in [2.24, 2.45) is 4.99 Å². The van der Waals surface area contributed by atoms with Gasteiger partial charge in [-0.15, -0.1) is 0 Å². The maximum absolute atomic E-state index is 11.0. The van der Waals surface area contributed by atoms with E-state index in [9.17, 15) is 4.79 Å². The zero-order valence-electron chi connectivity index (χ0n) is 13.7. The molecule has 0 radical (unpaired) electrons. The van der Waals surface area contributed by atoms with Gasteiger partial charge in [-0.05, 0) is 32.7 Å². The van der Waals surface area contributed by atoms with E-state index in [-0.39, 0.29) is 5.97 Å². The van der Waals surface area contributed by atoms with Gasteiger partial charge in [-0.3, -0.25) is 9.79 Å². The molecule has 1 saturated heterocycles. The number of guanidine groups is 1. The van der Waals surface area contributed by atoms with E-state index in [1.54, 1.807) is 7.05 Å². The Bertz CT molecular complexity index is 334. The number of nitrogens with zero attached hydrogens (tertiary/aromatic N) is 2. The highest BCUT2D eigenvalue weighted by Crippen LogP contribution is 2.15. The van der Waals surface area contributed by atoms with Crippen molar-refractivity contribution in [1.29, 1.82) is 0 Å². The molecule has 0 aromatic carbocycles. The topological polar surface area (TPSA) is 66.0 Å². The Morgan fingerprint density at radius 1 is 1.33 bits per heavy atom. The normalized spacial score (nSPS) is 20.1. The summed E-state index contributed by atoms with van der Waals surface area (Å²) >= 11 is 0. The third-order valence-electron chi connectivity index (χ3n) is 3.93. The fraction of sp³-hybridized carbons (Fsp3) is 0.867. The van der Waals surface area contributed by atoms with Gasteiger partial charge in [0.05, 0.1) is 13.5 Å². The van der Waals surface area contributed by atoms with Gasteiger partial charge in [-0.25, -0.2) is 0 Å². The zero-order chi connectivity index (χ0) is 15.5. The van der Waals surface area contributed by atoms with Crippen LogP contribution in [0.1, 0.15) is 39.0 Å². The van der Waals surface area contributed by atoms with Crippen molar-refractivity contribution in [3.63, 3.8) is 0 Å². The molecule has 0 bridgehead atoms. The van der Waals surface area contributed by atoms with Crippen molar-refractivity contribution in [2.75, 3.05) is 40.3 Å². The molecule has 6 heteroatoms. The molecule has 0 aliphatic carbocycles. The summed E-state index contributed by atoms with van der Waals surface area (Å²) in [5, 5.41) is 6.38. The Hall–Kier alpha value is -1.30. The van der Waals surface area contributed by atoms with Crippen LogP contribution in [0.4, 0.5) is 0 Å². The average molecular weight is 298 g/mol. The molecule has 1 heterocycles. The summed E-state index contributed by atoms with van der Waals surface area (Å²) in [6.45, 7) is 6.11. The first-order valence-electron chi connectivity index (χ1n) is 7.92. The van der Waals surface area contributed by atoms with Gasteiger partial charge < -0.3 is 20.3 Å². The number of rotatable bonds is 7. The summed E-state index contributed by atoms with van der Waals surface area (Å²) in [6.07, 6.45) is 5.47. The highest BCUT2D eigenvalue weighted by molar-refractivity contribution is 5.80. The molecule has 122 valence electrons. The molecule has 0 aromatic rings. The summed E-state index contributed by atoms with van der Waals surface area (Å²) < 4.78 is 4.60. The summed E-state index contributed by atoms with van der Waals surface area (Å²) in [5.74, 6) is 0.530. The number of ether oxygens (including phenoxy) is 1. The Labute approximate surface area is 128 Å². The van der Waals surface area contributed by atoms with Gasteiger partial charge in [-0.1, -0.05) is 6.42 Å². The Morgan fingerprint density at radius 2 is 2.10 bits per heavy atom. The van der Waals surface area contributed by atoms with Gasteiger partial charge in [0.1, 0.15) is 0 Å². The molecule has 6 nitrogen and oxygen atoms in total.